The van der Waals surface area contributed by atoms with E-state index in [0.29, 0.717) is 48.9 Å². The predicted octanol–water partition coefficient (Wildman–Crippen LogP) is 6.20. The van der Waals surface area contributed by atoms with Crippen molar-refractivity contribution < 1.29 is 9.21 Å². The zero-order chi connectivity index (χ0) is 21.3. The highest BCUT2D eigenvalue weighted by atomic mass is 35.5. The van der Waals surface area contributed by atoms with E-state index in [-0.39, 0.29) is 5.91 Å². The molecule has 0 spiro atoms. The van der Waals surface area contributed by atoms with Gasteiger partial charge in [-0.2, -0.15) is 4.99 Å². The fraction of sp³-hybridized carbons (Fsp3) is 0.100. The lowest BCUT2D eigenvalue weighted by atomic mass is 10.2. The zero-order valence-electron chi connectivity index (χ0n) is 15.6. The van der Waals surface area contributed by atoms with Crippen LogP contribution in [0.4, 0.5) is 5.13 Å². The number of aliphatic imine (C=N–C) groups is 1. The van der Waals surface area contributed by atoms with Crippen molar-refractivity contribution in [2.24, 2.45) is 4.99 Å². The molecular weight excluding hydrogens is 463 g/mol. The maximum atomic E-state index is 12.9. The lowest BCUT2D eigenvalue weighted by molar-refractivity contribution is -0.121. The van der Waals surface area contributed by atoms with E-state index in [1.165, 1.54) is 28.0 Å². The molecule has 1 saturated heterocycles. The number of halogens is 2. The Balaban J connectivity index is 1.64. The minimum atomic E-state index is -0.182. The van der Waals surface area contributed by atoms with Gasteiger partial charge in [0.05, 0.1) is 9.93 Å². The van der Waals surface area contributed by atoms with E-state index in [2.05, 4.69) is 21.8 Å². The van der Waals surface area contributed by atoms with Crippen LogP contribution in [0.25, 0.3) is 17.4 Å². The number of carbonyl (C=O) groups is 1. The van der Waals surface area contributed by atoms with Crippen LogP contribution in [-0.2, 0) is 4.79 Å². The quantitative estimate of drug-likeness (QED) is 0.323. The molecule has 10 heteroatoms. The molecule has 0 atom stereocenters. The normalized spacial score (nSPS) is 16.8. The van der Waals surface area contributed by atoms with Gasteiger partial charge in [-0.15, -0.1) is 16.8 Å². The Bertz CT molecular complexity index is 1200. The number of hydrogen-bond acceptors (Lipinski definition) is 7. The van der Waals surface area contributed by atoms with E-state index in [9.17, 15) is 4.79 Å². The Morgan fingerprint density at radius 3 is 2.83 bits per heavy atom. The zero-order valence-corrected chi connectivity index (χ0v) is 18.8. The van der Waals surface area contributed by atoms with Crippen molar-refractivity contribution in [2.45, 2.75) is 6.92 Å². The van der Waals surface area contributed by atoms with Gasteiger partial charge in [0, 0.05) is 23.2 Å². The van der Waals surface area contributed by atoms with Crippen LogP contribution < -0.4 is 0 Å². The molecule has 0 bridgehead atoms. The van der Waals surface area contributed by atoms with Crippen LogP contribution in [-0.4, -0.2) is 32.7 Å². The molecule has 1 amide bonds. The highest BCUT2D eigenvalue weighted by molar-refractivity contribution is 8.18. The number of amidine groups is 1. The standard InChI is InChI=1S/C20H14Cl2N4O2S2/c1-3-8-26-18(27)17(30-20(26)23-19-25-24-11(2)29-19)10-13-5-7-16(28-13)14-9-12(21)4-6-15(14)22/h3-7,9-10H,1,8H2,2H3/b17-10+,23-20+. The predicted molar refractivity (Wildman–Crippen MR) is 123 cm³/mol. The SMILES string of the molecule is C=CCN1C(=O)/C(=C\c2ccc(-c3cc(Cl)ccc3Cl)o2)S/C1=N/c1nnc(C)s1. The van der Waals surface area contributed by atoms with Crippen LogP contribution in [0, 0.1) is 6.92 Å². The summed E-state index contributed by atoms with van der Waals surface area (Å²) < 4.78 is 5.88. The van der Waals surface area contributed by atoms with Crippen LogP contribution >= 0.6 is 46.3 Å². The van der Waals surface area contributed by atoms with Crippen molar-refractivity contribution in [3.63, 3.8) is 0 Å². The summed E-state index contributed by atoms with van der Waals surface area (Å²) in [6.07, 6.45) is 3.33. The van der Waals surface area contributed by atoms with E-state index in [1.807, 2.05) is 6.92 Å². The first kappa shape index (κ1) is 20.9. The average molecular weight is 477 g/mol. The monoisotopic (exact) mass is 476 g/mol. The number of aryl methyl sites for hydroxylation is 1. The number of hydrogen-bond donors (Lipinski definition) is 0. The van der Waals surface area contributed by atoms with Crippen molar-refractivity contribution >= 4 is 68.6 Å². The summed E-state index contributed by atoms with van der Waals surface area (Å²) in [4.78, 5) is 19.4. The van der Waals surface area contributed by atoms with Crippen molar-refractivity contribution in [3.8, 4) is 11.3 Å². The third kappa shape index (κ3) is 4.37. The second-order valence-electron chi connectivity index (χ2n) is 6.14. The number of nitrogens with zero attached hydrogens (tertiary/aromatic N) is 4. The molecule has 152 valence electrons. The minimum Gasteiger partial charge on any atom is -0.457 e. The highest BCUT2D eigenvalue weighted by Crippen LogP contribution is 2.36. The fourth-order valence-electron chi connectivity index (χ4n) is 2.69. The lowest BCUT2D eigenvalue weighted by Gasteiger charge is -2.11. The fourth-order valence-corrected chi connectivity index (χ4v) is 4.65. The molecule has 0 N–H and O–H groups in total. The van der Waals surface area contributed by atoms with E-state index >= 15 is 0 Å². The number of benzene rings is 1. The molecule has 6 nitrogen and oxygen atoms in total. The van der Waals surface area contributed by atoms with Gasteiger partial charge in [0.25, 0.3) is 5.91 Å². The number of amides is 1. The van der Waals surface area contributed by atoms with Gasteiger partial charge in [-0.3, -0.25) is 9.69 Å². The number of rotatable bonds is 5. The number of aromatic nitrogens is 2. The molecule has 0 saturated carbocycles. The van der Waals surface area contributed by atoms with E-state index in [4.69, 9.17) is 27.6 Å². The van der Waals surface area contributed by atoms with Crippen molar-refractivity contribution in [1.82, 2.24) is 15.1 Å². The van der Waals surface area contributed by atoms with Gasteiger partial charge in [0.1, 0.15) is 16.5 Å². The first-order chi connectivity index (χ1) is 14.4. The van der Waals surface area contributed by atoms with Gasteiger partial charge < -0.3 is 4.42 Å². The smallest absolute Gasteiger partial charge is 0.267 e. The first-order valence-corrected chi connectivity index (χ1v) is 11.1. The first-order valence-electron chi connectivity index (χ1n) is 8.71. The van der Waals surface area contributed by atoms with Crippen LogP contribution in [0.3, 0.4) is 0 Å². The van der Waals surface area contributed by atoms with E-state index in [1.54, 1.807) is 42.5 Å². The summed E-state index contributed by atoms with van der Waals surface area (Å²) >= 11 is 14.9. The average Bonchev–Trinajstić information content (AvgIpc) is 3.41. The van der Waals surface area contributed by atoms with Gasteiger partial charge in [-0.25, -0.2) is 0 Å². The maximum absolute atomic E-state index is 12.9. The Labute approximate surface area is 190 Å². The summed E-state index contributed by atoms with van der Waals surface area (Å²) in [5.41, 5.74) is 0.682. The molecule has 1 aliphatic rings. The van der Waals surface area contributed by atoms with Gasteiger partial charge in [0.15, 0.2) is 5.17 Å². The molecule has 30 heavy (non-hydrogen) atoms. The van der Waals surface area contributed by atoms with Crippen molar-refractivity contribution in [2.75, 3.05) is 6.54 Å². The van der Waals surface area contributed by atoms with Crippen LogP contribution in [0.5, 0.6) is 0 Å². The summed E-state index contributed by atoms with van der Waals surface area (Å²) in [5.74, 6) is 0.896. The topological polar surface area (TPSA) is 71.6 Å². The molecule has 0 unspecified atom stereocenters. The van der Waals surface area contributed by atoms with E-state index < -0.39 is 0 Å². The Kier molecular flexibility index (Phi) is 6.10. The number of furan rings is 1. The largest absolute Gasteiger partial charge is 0.457 e. The Morgan fingerprint density at radius 1 is 1.27 bits per heavy atom. The molecule has 0 aliphatic carbocycles. The Hall–Kier alpha value is -2.39. The Morgan fingerprint density at radius 2 is 2.10 bits per heavy atom. The third-order valence-electron chi connectivity index (χ3n) is 4.00. The molecule has 0 radical (unpaired) electrons. The molecule has 4 rings (SSSR count). The third-order valence-corrected chi connectivity index (χ3v) is 6.30. The second kappa shape index (κ2) is 8.77. The van der Waals surface area contributed by atoms with Gasteiger partial charge in [-0.1, -0.05) is 40.6 Å². The molecule has 1 aromatic carbocycles. The van der Waals surface area contributed by atoms with Gasteiger partial charge in [-0.05, 0) is 49.0 Å². The summed E-state index contributed by atoms with van der Waals surface area (Å²) in [5, 5.41) is 10.9. The van der Waals surface area contributed by atoms with E-state index in [0.717, 1.165) is 5.01 Å². The summed E-state index contributed by atoms with van der Waals surface area (Å²) in [6.45, 7) is 5.90. The number of thioether (sulfide) groups is 1. The van der Waals surface area contributed by atoms with Gasteiger partial charge >= 0.3 is 0 Å². The second-order valence-corrected chi connectivity index (χ2v) is 9.15. The van der Waals surface area contributed by atoms with Crippen LogP contribution in [0.2, 0.25) is 10.0 Å². The van der Waals surface area contributed by atoms with Crippen molar-refractivity contribution in [1.29, 1.82) is 0 Å². The highest BCUT2D eigenvalue weighted by Gasteiger charge is 2.33. The number of carbonyl (C=O) groups excluding carboxylic acids is 1. The molecule has 2 aromatic heterocycles. The molecule has 1 aliphatic heterocycles. The maximum Gasteiger partial charge on any atom is 0.267 e. The minimum absolute atomic E-state index is 0.182. The van der Waals surface area contributed by atoms with Crippen LogP contribution in [0.1, 0.15) is 10.8 Å². The van der Waals surface area contributed by atoms with Gasteiger partial charge in [0.2, 0.25) is 5.13 Å². The lowest BCUT2D eigenvalue weighted by Crippen LogP contribution is -2.29. The van der Waals surface area contributed by atoms with Crippen molar-refractivity contribution in [3.05, 3.63) is 68.7 Å². The summed E-state index contributed by atoms with van der Waals surface area (Å²) in [7, 11) is 0. The molecule has 3 heterocycles. The van der Waals surface area contributed by atoms with Crippen LogP contribution in [0.15, 0.2) is 57.3 Å². The summed E-state index contributed by atoms with van der Waals surface area (Å²) in [6, 6.07) is 8.71. The molecule has 3 aromatic rings. The molecular formula is C20H14Cl2N4O2S2. The molecule has 1 fully saturated rings.